The second-order valence-electron chi connectivity index (χ2n) is 10.8. The number of aryl methyl sites for hydroxylation is 2. The van der Waals surface area contributed by atoms with Gasteiger partial charge in [-0.05, 0) is 45.6 Å². The number of rotatable bonds is 3. The molecule has 1 aliphatic rings. The smallest absolute Gasteiger partial charge is 0.410 e. The lowest BCUT2D eigenvalue weighted by atomic mass is 10.00. The Kier molecular flexibility index (Phi) is 6.76. The Bertz CT molecular complexity index is 1620. The molecular formula is C29H30FN7O2. The van der Waals surface area contributed by atoms with Crippen LogP contribution < -0.4 is 4.90 Å². The van der Waals surface area contributed by atoms with E-state index < -0.39 is 23.6 Å². The van der Waals surface area contributed by atoms with Crippen molar-refractivity contribution in [1.82, 2.24) is 24.8 Å². The van der Waals surface area contributed by atoms with E-state index in [0.29, 0.717) is 42.2 Å². The summed E-state index contributed by atoms with van der Waals surface area (Å²) in [5.41, 5.74) is 1.29. The van der Waals surface area contributed by atoms with E-state index >= 15 is 4.39 Å². The average molecular weight is 528 g/mol. The van der Waals surface area contributed by atoms with Crippen LogP contribution in [-0.2, 0) is 4.74 Å². The number of carbonyl (C=O) groups is 1. The molecule has 0 saturated carbocycles. The first kappa shape index (κ1) is 26.2. The molecule has 1 amide bonds. The van der Waals surface area contributed by atoms with Gasteiger partial charge < -0.3 is 14.5 Å². The highest BCUT2D eigenvalue weighted by molar-refractivity contribution is 6.00. The fourth-order valence-electron chi connectivity index (χ4n) is 5.07. The van der Waals surface area contributed by atoms with Crippen LogP contribution in [-0.4, -0.2) is 62.2 Å². The molecular weight excluding hydrogens is 497 g/mol. The Morgan fingerprint density at radius 3 is 2.72 bits per heavy atom. The van der Waals surface area contributed by atoms with Crippen LogP contribution >= 0.6 is 0 Å². The SMILES string of the molecule is Cc1nc(N2CCN(C(=O)OC(C)(C)C)[C@@H](CC#N)C2)c2cnc(-c3cncc4cccc(C)c34)c(F)c2n1. The fourth-order valence-corrected chi connectivity index (χ4v) is 5.07. The Balaban J connectivity index is 1.55. The van der Waals surface area contributed by atoms with Crippen LogP contribution in [0, 0.1) is 31.0 Å². The van der Waals surface area contributed by atoms with Gasteiger partial charge in [-0.3, -0.25) is 9.97 Å². The lowest BCUT2D eigenvalue weighted by Crippen LogP contribution is -2.56. The quantitative estimate of drug-likeness (QED) is 0.352. The molecule has 0 radical (unpaired) electrons. The number of amides is 1. The number of halogens is 1. The molecule has 4 heterocycles. The van der Waals surface area contributed by atoms with E-state index in [-0.39, 0.29) is 17.6 Å². The molecule has 1 aliphatic heterocycles. The Hall–Kier alpha value is -4.39. The molecule has 39 heavy (non-hydrogen) atoms. The number of hydrogen-bond acceptors (Lipinski definition) is 8. The standard InChI is InChI=1S/C29H30FN7O2/c1-17-7-6-8-19-13-32-14-21(23(17)19)25-24(30)26-22(15-33-25)27(35-18(2)34-26)36-11-12-37(20(16-36)9-10-31)28(38)39-29(3,4)5/h6-8,13-15,20H,9,11-12,16H2,1-5H3/t20-/m0/s1. The molecule has 0 unspecified atom stereocenters. The van der Waals surface area contributed by atoms with Crippen LogP contribution in [0.2, 0.25) is 0 Å². The minimum absolute atomic E-state index is 0.127. The fraction of sp³-hybridized carbons (Fsp3) is 0.379. The molecule has 1 aromatic carbocycles. The van der Waals surface area contributed by atoms with E-state index in [4.69, 9.17) is 4.74 Å². The van der Waals surface area contributed by atoms with Crippen molar-refractivity contribution in [2.24, 2.45) is 0 Å². The number of ether oxygens (including phenoxy) is 1. The van der Waals surface area contributed by atoms with Gasteiger partial charge in [0.2, 0.25) is 0 Å². The third-order valence-electron chi connectivity index (χ3n) is 6.76. The van der Waals surface area contributed by atoms with Crippen molar-refractivity contribution in [3.8, 4) is 17.3 Å². The first-order valence-electron chi connectivity index (χ1n) is 12.9. The first-order valence-corrected chi connectivity index (χ1v) is 12.9. The number of anilines is 1. The highest BCUT2D eigenvalue weighted by Gasteiger charge is 2.34. The molecule has 1 fully saturated rings. The number of benzene rings is 1. The molecule has 9 nitrogen and oxygen atoms in total. The first-order chi connectivity index (χ1) is 18.6. The van der Waals surface area contributed by atoms with E-state index in [1.165, 1.54) is 0 Å². The van der Waals surface area contributed by atoms with Crippen LogP contribution in [0.5, 0.6) is 0 Å². The molecule has 10 heteroatoms. The van der Waals surface area contributed by atoms with E-state index in [9.17, 15) is 10.1 Å². The molecule has 0 bridgehead atoms. The second kappa shape index (κ2) is 10.1. The van der Waals surface area contributed by atoms with Crippen molar-refractivity contribution >= 4 is 33.6 Å². The normalized spacial score (nSPS) is 16.0. The lowest BCUT2D eigenvalue weighted by Gasteiger charge is -2.41. The van der Waals surface area contributed by atoms with E-state index in [2.05, 4.69) is 26.0 Å². The number of pyridine rings is 2. The highest BCUT2D eigenvalue weighted by atomic mass is 19.1. The number of nitrogens with zero attached hydrogens (tertiary/aromatic N) is 7. The van der Waals surface area contributed by atoms with Gasteiger partial charge in [-0.25, -0.2) is 19.2 Å². The van der Waals surface area contributed by atoms with Gasteiger partial charge in [0.25, 0.3) is 0 Å². The van der Waals surface area contributed by atoms with Crippen molar-refractivity contribution in [2.45, 2.75) is 52.7 Å². The summed E-state index contributed by atoms with van der Waals surface area (Å²) >= 11 is 0. The number of nitriles is 1. The number of hydrogen-bond donors (Lipinski definition) is 0. The maximum Gasteiger partial charge on any atom is 0.410 e. The largest absolute Gasteiger partial charge is 0.444 e. The summed E-state index contributed by atoms with van der Waals surface area (Å²) in [6.45, 7) is 10.2. The minimum atomic E-state index is -0.648. The van der Waals surface area contributed by atoms with Gasteiger partial charge in [-0.15, -0.1) is 0 Å². The van der Waals surface area contributed by atoms with E-state index in [1.54, 1.807) is 30.4 Å². The zero-order valence-corrected chi connectivity index (χ0v) is 22.7. The maximum absolute atomic E-state index is 16.2. The third-order valence-corrected chi connectivity index (χ3v) is 6.76. The van der Waals surface area contributed by atoms with Crippen molar-refractivity contribution in [3.63, 3.8) is 0 Å². The molecule has 0 spiro atoms. The second-order valence-corrected chi connectivity index (χ2v) is 10.8. The Morgan fingerprint density at radius 1 is 1.18 bits per heavy atom. The predicted molar refractivity (Wildman–Crippen MR) is 147 cm³/mol. The molecule has 0 N–H and O–H groups in total. The Morgan fingerprint density at radius 2 is 1.97 bits per heavy atom. The average Bonchev–Trinajstić information content (AvgIpc) is 2.88. The third kappa shape index (κ3) is 5.04. The molecule has 5 rings (SSSR count). The monoisotopic (exact) mass is 527 g/mol. The number of piperazine rings is 1. The summed E-state index contributed by atoms with van der Waals surface area (Å²) in [4.78, 5) is 34.3. The van der Waals surface area contributed by atoms with Crippen molar-refractivity contribution in [2.75, 3.05) is 24.5 Å². The summed E-state index contributed by atoms with van der Waals surface area (Å²) in [6, 6.07) is 7.62. The van der Waals surface area contributed by atoms with Gasteiger partial charge in [-0.2, -0.15) is 5.26 Å². The predicted octanol–water partition coefficient (Wildman–Crippen LogP) is 5.34. The van der Waals surface area contributed by atoms with Gasteiger partial charge >= 0.3 is 6.09 Å². The van der Waals surface area contributed by atoms with Crippen molar-refractivity contribution in [3.05, 3.63) is 54.0 Å². The zero-order chi connectivity index (χ0) is 27.9. The lowest BCUT2D eigenvalue weighted by molar-refractivity contribution is 0.0145. The van der Waals surface area contributed by atoms with Gasteiger partial charge in [-0.1, -0.05) is 18.2 Å². The minimum Gasteiger partial charge on any atom is -0.444 e. The van der Waals surface area contributed by atoms with Crippen molar-refractivity contribution in [1.29, 1.82) is 5.26 Å². The molecule has 1 atom stereocenters. The van der Waals surface area contributed by atoms with Crippen LogP contribution in [0.1, 0.15) is 38.6 Å². The summed E-state index contributed by atoms with van der Waals surface area (Å²) in [6.07, 6.45) is 4.65. The molecule has 200 valence electrons. The Labute approximate surface area is 226 Å². The van der Waals surface area contributed by atoms with E-state index in [1.807, 2.05) is 50.8 Å². The topological polar surface area (TPSA) is 108 Å². The summed E-state index contributed by atoms with van der Waals surface area (Å²) in [5, 5.41) is 11.7. The number of aromatic nitrogens is 4. The summed E-state index contributed by atoms with van der Waals surface area (Å²) < 4.78 is 21.7. The van der Waals surface area contributed by atoms with Crippen LogP contribution in [0.25, 0.3) is 32.9 Å². The molecule has 1 saturated heterocycles. The zero-order valence-electron chi connectivity index (χ0n) is 22.7. The molecule has 4 aromatic rings. The van der Waals surface area contributed by atoms with Gasteiger partial charge in [0, 0.05) is 49.2 Å². The van der Waals surface area contributed by atoms with Gasteiger partial charge in [0.15, 0.2) is 5.82 Å². The summed E-state index contributed by atoms with van der Waals surface area (Å²) in [7, 11) is 0. The summed E-state index contributed by atoms with van der Waals surface area (Å²) in [5.74, 6) is 0.388. The maximum atomic E-state index is 16.2. The van der Waals surface area contributed by atoms with Crippen LogP contribution in [0.3, 0.4) is 0 Å². The number of fused-ring (bicyclic) bond motifs is 2. The highest BCUT2D eigenvalue weighted by Crippen LogP contribution is 2.35. The van der Waals surface area contributed by atoms with Crippen molar-refractivity contribution < 1.29 is 13.9 Å². The van der Waals surface area contributed by atoms with Crippen LogP contribution in [0.4, 0.5) is 15.0 Å². The molecule has 0 aliphatic carbocycles. The number of carbonyl (C=O) groups excluding carboxylic acids is 1. The molecule has 3 aromatic heterocycles. The van der Waals surface area contributed by atoms with Gasteiger partial charge in [0.1, 0.15) is 28.5 Å². The van der Waals surface area contributed by atoms with E-state index in [0.717, 1.165) is 16.3 Å². The van der Waals surface area contributed by atoms with Crippen LogP contribution in [0.15, 0.2) is 36.8 Å². The van der Waals surface area contributed by atoms with Gasteiger partial charge in [0.05, 0.1) is 23.9 Å².